The van der Waals surface area contributed by atoms with Crippen LogP contribution in [0.3, 0.4) is 0 Å². The first kappa shape index (κ1) is 29.8. The van der Waals surface area contributed by atoms with E-state index in [0.717, 1.165) is 44.3 Å². The van der Waals surface area contributed by atoms with Crippen LogP contribution in [0.1, 0.15) is 43.7 Å². The molecule has 46 heavy (non-hydrogen) atoms. The van der Waals surface area contributed by atoms with Crippen LogP contribution in [0.4, 0.5) is 5.82 Å². The molecule has 2 aromatic heterocycles. The molecule has 0 fully saturated rings. The highest BCUT2D eigenvalue weighted by Crippen LogP contribution is 2.47. The van der Waals surface area contributed by atoms with Crippen LogP contribution >= 0.6 is 0 Å². The van der Waals surface area contributed by atoms with Crippen molar-refractivity contribution in [1.29, 1.82) is 0 Å². The summed E-state index contributed by atoms with van der Waals surface area (Å²) in [6, 6.07) is 10.8. The third-order valence-corrected chi connectivity index (χ3v) is 9.24. The Morgan fingerprint density at radius 3 is 2.74 bits per heavy atom. The fraction of sp³-hybridized carbons (Fsp3) is 0.343. The van der Waals surface area contributed by atoms with Crippen molar-refractivity contribution in [2.75, 3.05) is 45.3 Å². The van der Waals surface area contributed by atoms with Crippen LogP contribution in [0.2, 0.25) is 0 Å². The molecule has 7 rings (SSSR count). The zero-order chi connectivity index (χ0) is 31.8. The molecule has 1 spiro atoms. The summed E-state index contributed by atoms with van der Waals surface area (Å²) in [5, 5.41) is 14.1. The number of anilines is 1. The van der Waals surface area contributed by atoms with Crippen molar-refractivity contribution < 1.29 is 23.9 Å². The summed E-state index contributed by atoms with van der Waals surface area (Å²) in [6.45, 7) is 3.87. The quantitative estimate of drug-likeness (QED) is 0.313. The number of aryl methyl sites for hydroxylation is 1. The minimum Gasteiger partial charge on any atom is -0.377 e. The molecule has 3 amide bonds. The van der Waals surface area contributed by atoms with Gasteiger partial charge in [-0.25, -0.2) is 4.98 Å². The number of likely N-dealkylation sites (N-methyl/N-ethyl adjacent to an activating group) is 1. The van der Waals surface area contributed by atoms with Crippen molar-refractivity contribution >= 4 is 40.5 Å². The molecule has 3 aliphatic rings. The molecule has 0 saturated carbocycles. The van der Waals surface area contributed by atoms with Crippen molar-refractivity contribution in [1.82, 2.24) is 25.4 Å². The first-order chi connectivity index (χ1) is 22.3. The van der Waals surface area contributed by atoms with E-state index in [-0.39, 0.29) is 17.7 Å². The molecule has 0 saturated heterocycles. The smallest absolute Gasteiger partial charge is 0.251 e. The van der Waals surface area contributed by atoms with Gasteiger partial charge in [-0.05, 0) is 71.8 Å². The van der Waals surface area contributed by atoms with Crippen LogP contribution < -0.4 is 10.6 Å². The summed E-state index contributed by atoms with van der Waals surface area (Å²) in [4.78, 5) is 47.1. The number of aromatic nitrogens is 3. The van der Waals surface area contributed by atoms with Gasteiger partial charge in [0, 0.05) is 42.7 Å². The average molecular weight is 621 g/mol. The largest absolute Gasteiger partial charge is 0.377 e. The second-order valence-electron chi connectivity index (χ2n) is 12.4. The van der Waals surface area contributed by atoms with Gasteiger partial charge in [-0.3, -0.25) is 19.5 Å². The summed E-state index contributed by atoms with van der Waals surface area (Å²) in [6.07, 6.45) is 8.62. The van der Waals surface area contributed by atoms with Crippen molar-refractivity contribution in [3.8, 4) is 0 Å². The molecule has 11 heteroatoms. The van der Waals surface area contributed by atoms with E-state index in [1.165, 1.54) is 0 Å². The van der Waals surface area contributed by atoms with Gasteiger partial charge in [0.05, 0.1) is 43.6 Å². The first-order valence-corrected chi connectivity index (χ1v) is 15.5. The Bertz CT molecular complexity index is 1880. The van der Waals surface area contributed by atoms with Gasteiger partial charge in [0.15, 0.2) is 0 Å². The lowest BCUT2D eigenvalue weighted by molar-refractivity contribution is -0.132. The number of fused-ring (bicyclic) bond motifs is 3. The summed E-state index contributed by atoms with van der Waals surface area (Å²) >= 11 is 0. The van der Waals surface area contributed by atoms with Gasteiger partial charge in [0.2, 0.25) is 11.8 Å². The number of nitrogens with zero attached hydrogens (tertiary/aromatic N) is 3. The lowest BCUT2D eigenvalue weighted by Crippen LogP contribution is -2.49. The van der Waals surface area contributed by atoms with E-state index < -0.39 is 11.5 Å². The number of rotatable bonds is 2. The third kappa shape index (κ3) is 5.56. The minimum atomic E-state index is -0.814. The van der Waals surface area contributed by atoms with Crippen LogP contribution in [0.25, 0.3) is 17.0 Å². The van der Waals surface area contributed by atoms with Crippen molar-refractivity contribution in [3.63, 3.8) is 0 Å². The number of hydrogen-bond donors (Lipinski definition) is 3. The van der Waals surface area contributed by atoms with E-state index >= 15 is 0 Å². The molecule has 2 aromatic carbocycles. The lowest BCUT2D eigenvalue weighted by Gasteiger charge is -2.25. The third-order valence-electron chi connectivity index (χ3n) is 9.24. The standard InChI is InChI=1S/C35H36N6O5/c1-21-12-23(13-27-20-37-40-30(21)27)15-29-33(43)41(2)7-9-46-11-10-45-8-3-4-22-14-28-31(36-19-22)39-34(44)35(28)17-25-6-5-24(32(42)38-29)16-26(25)18-35/h3-6,12-14,16,19-20,29H,7-11,15,17-18H2,1-2H3,(H,37,40)(H,38,42)(H,36,39,44)/t29-,35+/m1/s1. The number of ether oxygens (including phenoxy) is 2. The van der Waals surface area contributed by atoms with Gasteiger partial charge in [-0.15, -0.1) is 0 Å². The molecule has 2 atom stereocenters. The summed E-state index contributed by atoms with van der Waals surface area (Å²) in [5.74, 6) is -0.0783. The number of benzene rings is 2. The fourth-order valence-electron chi connectivity index (χ4n) is 6.79. The van der Waals surface area contributed by atoms with Crippen molar-refractivity contribution in [2.24, 2.45) is 0 Å². The van der Waals surface area contributed by atoms with Crippen LogP contribution in [-0.2, 0) is 43.7 Å². The number of carbonyl (C=O) groups is 3. The normalized spacial score (nSPS) is 22.1. The average Bonchev–Trinajstić information content (AvgIpc) is 3.75. The Morgan fingerprint density at radius 1 is 1.00 bits per heavy atom. The maximum Gasteiger partial charge on any atom is 0.251 e. The Labute approximate surface area is 266 Å². The Hall–Kier alpha value is -4.87. The zero-order valence-electron chi connectivity index (χ0n) is 25.9. The van der Waals surface area contributed by atoms with Gasteiger partial charge in [0.25, 0.3) is 5.91 Å². The van der Waals surface area contributed by atoms with Crippen LogP contribution in [0.15, 0.2) is 54.9 Å². The Balaban J connectivity index is 1.20. The molecule has 0 radical (unpaired) electrons. The molecule has 3 N–H and O–H groups in total. The van der Waals surface area contributed by atoms with Crippen LogP contribution in [0, 0.1) is 6.92 Å². The second-order valence-corrected chi connectivity index (χ2v) is 12.4. The van der Waals surface area contributed by atoms with E-state index in [1.54, 1.807) is 30.4 Å². The molecule has 5 bridgehead atoms. The highest BCUT2D eigenvalue weighted by molar-refractivity contribution is 6.06. The minimum absolute atomic E-state index is 0.0882. The van der Waals surface area contributed by atoms with Gasteiger partial charge in [0.1, 0.15) is 11.9 Å². The van der Waals surface area contributed by atoms with Gasteiger partial charge >= 0.3 is 0 Å². The molecule has 11 nitrogen and oxygen atoms in total. The Kier molecular flexibility index (Phi) is 7.87. The molecule has 1 aliphatic carbocycles. The van der Waals surface area contributed by atoms with Crippen molar-refractivity contribution in [3.05, 3.63) is 93.8 Å². The summed E-state index contributed by atoms with van der Waals surface area (Å²) in [7, 11) is 1.72. The number of aromatic amines is 1. The van der Waals surface area contributed by atoms with Gasteiger partial charge < -0.3 is 25.0 Å². The SMILES string of the molecule is Cc1cc(C[C@H]2NC(=O)c3ccc4c(c3)C[C@]3(C4)C(=O)Nc4ncc(cc43)C=CCOCCOCCN(C)C2=O)cc2cn[nH]c12. The monoisotopic (exact) mass is 620 g/mol. The van der Waals surface area contributed by atoms with Crippen LogP contribution in [0.5, 0.6) is 0 Å². The van der Waals surface area contributed by atoms with E-state index in [1.807, 2.05) is 49.4 Å². The first-order valence-electron chi connectivity index (χ1n) is 15.5. The van der Waals surface area contributed by atoms with Gasteiger partial charge in [-0.2, -0.15) is 5.10 Å². The predicted molar refractivity (Wildman–Crippen MR) is 172 cm³/mol. The zero-order valence-corrected chi connectivity index (χ0v) is 25.9. The lowest BCUT2D eigenvalue weighted by atomic mass is 9.79. The predicted octanol–water partition coefficient (Wildman–Crippen LogP) is 3.11. The molecule has 2 aliphatic heterocycles. The number of nitrogens with one attached hydrogen (secondary N) is 3. The number of H-pyrrole nitrogens is 1. The van der Waals surface area contributed by atoms with E-state index in [4.69, 9.17) is 9.47 Å². The highest BCUT2D eigenvalue weighted by atomic mass is 16.5. The summed E-state index contributed by atoms with van der Waals surface area (Å²) < 4.78 is 11.4. The molecule has 4 heterocycles. The maximum absolute atomic E-state index is 13.8. The number of pyridine rings is 1. The molecule has 236 valence electrons. The van der Waals surface area contributed by atoms with E-state index in [9.17, 15) is 14.4 Å². The Morgan fingerprint density at radius 2 is 1.85 bits per heavy atom. The fourth-order valence-corrected chi connectivity index (χ4v) is 6.79. The highest BCUT2D eigenvalue weighted by Gasteiger charge is 2.51. The molecular weight excluding hydrogens is 584 g/mol. The molecule has 4 aromatic rings. The number of hydrogen-bond acceptors (Lipinski definition) is 7. The molecule has 0 unspecified atom stereocenters. The molecular formula is C35H36N6O5. The van der Waals surface area contributed by atoms with E-state index in [0.29, 0.717) is 63.6 Å². The van der Waals surface area contributed by atoms with E-state index in [2.05, 4.69) is 25.8 Å². The van der Waals surface area contributed by atoms with Crippen molar-refractivity contribution in [2.45, 2.75) is 37.6 Å². The second kappa shape index (κ2) is 12.1. The van der Waals surface area contributed by atoms with Crippen LogP contribution in [-0.4, -0.2) is 83.9 Å². The topological polar surface area (TPSA) is 139 Å². The summed E-state index contributed by atoms with van der Waals surface area (Å²) in [5.41, 5.74) is 6.21. The number of carbonyl (C=O) groups excluding carboxylic acids is 3. The van der Waals surface area contributed by atoms with Gasteiger partial charge in [-0.1, -0.05) is 24.3 Å². The number of amides is 3. The maximum atomic E-state index is 13.8.